The van der Waals surface area contributed by atoms with Crippen LogP contribution in [0.5, 0.6) is 0 Å². The Morgan fingerprint density at radius 2 is 1.52 bits per heavy atom. The highest BCUT2D eigenvalue weighted by atomic mass is 14.7. The van der Waals surface area contributed by atoms with Gasteiger partial charge in [0.05, 0.1) is 5.69 Å². The molecule has 21 heavy (non-hydrogen) atoms. The van der Waals surface area contributed by atoms with Crippen molar-refractivity contribution in [3.8, 4) is 22.4 Å². The van der Waals surface area contributed by atoms with Crippen LogP contribution in [0, 0.1) is 6.92 Å². The Balaban J connectivity index is 1.92. The second kappa shape index (κ2) is 5.92. The molecule has 104 valence electrons. The molecule has 0 radical (unpaired) electrons. The van der Waals surface area contributed by atoms with Crippen LogP contribution in [0.25, 0.3) is 22.4 Å². The lowest BCUT2D eigenvalue weighted by molar-refractivity contribution is 1.14. The molecular weight excluding hydrogens is 254 g/mol. The minimum Gasteiger partial charge on any atom is -0.256 e. The summed E-state index contributed by atoms with van der Waals surface area (Å²) in [7, 11) is 0. The SMILES string of the molecule is CCc1ccc(-c2ccc(-c3ccccc3C)nc2)cc1. The Kier molecular flexibility index (Phi) is 3.83. The molecule has 0 bridgehead atoms. The second-order valence-corrected chi connectivity index (χ2v) is 5.30. The summed E-state index contributed by atoms with van der Waals surface area (Å²) in [5.41, 5.74) is 7.23. The molecule has 0 N–H and O–H groups in total. The molecule has 2 aromatic carbocycles. The van der Waals surface area contributed by atoms with Crippen molar-refractivity contribution in [1.82, 2.24) is 4.98 Å². The Bertz CT molecular complexity index is 725. The van der Waals surface area contributed by atoms with Gasteiger partial charge in [-0.15, -0.1) is 0 Å². The maximum atomic E-state index is 4.63. The fourth-order valence-corrected chi connectivity index (χ4v) is 2.52. The van der Waals surface area contributed by atoms with E-state index in [-0.39, 0.29) is 0 Å². The zero-order valence-electron chi connectivity index (χ0n) is 12.5. The molecule has 0 spiro atoms. The Morgan fingerprint density at radius 3 is 2.14 bits per heavy atom. The van der Waals surface area contributed by atoms with E-state index in [0.717, 1.165) is 17.7 Å². The van der Waals surface area contributed by atoms with Crippen molar-refractivity contribution in [3.63, 3.8) is 0 Å². The van der Waals surface area contributed by atoms with E-state index in [2.05, 4.69) is 79.5 Å². The van der Waals surface area contributed by atoms with Gasteiger partial charge in [-0.2, -0.15) is 0 Å². The quantitative estimate of drug-likeness (QED) is 0.632. The van der Waals surface area contributed by atoms with Crippen LogP contribution in [0.4, 0.5) is 0 Å². The lowest BCUT2D eigenvalue weighted by Gasteiger charge is -2.07. The molecule has 0 aliphatic carbocycles. The molecule has 0 amide bonds. The zero-order valence-corrected chi connectivity index (χ0v) is 12.5. The number of aryl methyl sites for hydroxylation is 2. The number of aromatic nitrogens is 1. The summed E-state index contributed by atoms with van der Waals surface area (Å²) in [6, 6.07) is 21.3. The molecule has 1 heterocycles. The minimum atomic E-state index is 1.03. The second-order valence-electron chi connectivity index (χ2n) is 5.30. The van der Waals surface area contributed by atoms with Gasteiger partial charge in [0.25, 0.3) is 0 Å². The van der Waals surface area contributed by atoms with Gasteiger partial charge in [-0.1, -0.05) is 61.5 Å². The van der Waals surface area contributed by atoms with E-state index < -0.39 is 0 Å². The summed E-state index contributed by atoms with van der Waals surface area (Å²) >= 11 is 0. The van der Waals surface area contributed by atoms with Gasteiger partial charge in [-0.25, -0.2) is 0 Å². The molecule has 3 rings (SSSR count). The van der Waals surface area contributed by atoms with E-state index in [4.69, 9.17) is 0 Å². The van der Waals surface area contributed by atoms with Crippen LogP contribution in [-0.2, 0) is 6.42 Å². The van der Waals surface area contributed by atoms with Crippen molar-refractivity contribution >= 4 is 0 Å². The van der Waals surface area contributed by atoms with Crippen molar-refractivity contribution in [3.05, 3.63) is 78.0 Å². The van der Waals surface area contributed by atoms with Gasteiger partial charge in [0.15, 0.2) is 0 Å². The number of rotatable bonds is 3. The number of benzene rings is 2. The maximum Gasteiger partial charge on any atom is 0.0705 e. The molecule has 0 saturated heterocycles. The normalized spacial score (nSPS) is 10.6. The minimum absolute atomic E-state index is 1.03. The lowest BCUT2D eigenvalue weighted by atomic mass is 10.0. The molecule has 0 unspecified atom stereocenters. The standard InChI is InChI=1S/C20H19N/c1-3-16-8-10-17(11-9-16)18-12-13-20(21-14-18)19-7-5-4-6-15(19)2/h4-14H,3H2,1-2H3. The van der Waals surface area contributed by atoms with Crippen LogP contribution in [0.2, 0.25) is 0 Å². The molecular formula is C20H19N. The molecule has 0 saturated carbocycles. The monoisotopic (exact) mass is 273 g/mol. The fourth-order valence-electron chi connectivity index (χ4n) is 2.52. The summed E-state index contributed by atoms with van der Waals surface area (Å²) in [6.45, 7) is 4.29. The summed E-state index contributed by atoms with van der Waals surface area (Å²) in [6.07, 6.45) is 3.04. The van der Waals surface area contributed by atoms with Crippen molar-refractivity contribution < 1.29 is 0 Å². The first kappa shape index (κ1) is 13.6. The summed E-state index contributed by atoms with van der Waals surface area (Å²) in [5, 5.41) is 0. The van der Waals surface area contributed by atoms with E-state index >= 15 is 0 Å². The van der Waals surface area contributed by atoms with Gasteiger partial charge in [-0.3, -0.25) is 4.98 Å². The predicted octanol–water partition coefficient (Wildman–Crippen LogP) is 5.29. The Morgan fingerprint density at radius 1 is 0.810 bits per heavy atom. The highest BCUT2D eigenvalue weighted by Crippen LogP contribution is 2.24. The largest absolute Gasteiger partial charge is 0.256 e. The van der Waals surface area contributed by atoms with Crippen LogP contribution in [-0.4, -0.2) is 4.98 Å². The van der Waals surface area contributed by atoms with Gasteiger partial charge >= 0.3 is 0 Å². The first-order valence-electron chi connectivity index (χ1n) is 7.39. The molecule has 0 aliphatic heterocycles. The van der Waals surface area contributed by atoms with Gasteiger partial charge in [-0.05, 0) is 36.1 Å². The van der Waals surface area contributed by atoms with Gasteiger partial charge < -0.3 is 0 Å². The molecule has 0 aliphatic rings. The Labute approximate surface area is 126 Å². The molecule has 1 nitrogen and oxygen atoms in total. The van der Waals surface area contributed by atoms with E-state index in [0.29, 0.717) is 0 Å². The first-order valence-corrected chi connectivity index (χ1v) is 7.39. The highest BCUT2D eigenvalue weighted by Gasteiger charge is 2.03. The third kappa shape index (κ3) is 2.87. The lowest BCUT2D eigenvalue weighted by Crippen LogP contribution is -1.88. The molecule has 3 aromatic rings. The number of hydrogen-bond donors (Lipinski definition) is 0. The molecule has 0 fully saturated rings. The van der Waals surface area contributed by atoms with E-state index in [1.807, 2.05) is 6.20 Å². The molecule has 1 heteroatoms. The average molecular weight is 273 g/mol. The smallest absolute Gasteiger partial charge is 0.0705 e. The van der Waals surface area contributed by atoms with Crippen molar-refractivity contribution in [2.24, 2.45) is 0 Å². The van der Waals surface area contributed by atoms with Crippen LogP contribution in [0.15, 0.2) is 66.9 Å². The van der Waals surface area contributed by atoms with E-state index in [1.54, 1.807) is 0 Å². The van der Waals surface area contributed by atoms with Crippen LogP contribution in [0.3, 0.4) is 0 Å². The third-order valence-electron chi connectivity index (χ3n) is 3.88. The molecule has 0 atom stereocenters. The van der Waals surface area contributed by atoms with Crippen molar-refractivity contribution in [1.29, 1.82) is 0 Å². The topological polar surface area (TPSA) is 12.9 Å². The predicted molar refractivity (Wildman–Crippen MR) is 89.2 cm³/mol. The van der Waals surface area contributed by atoms with Crippen LogP contribution < -0.4 is 0 Å². The maximum absolute atomic E-state index is 4.63. The number of pyridine rings is 1. The highest BCUT2D eigenvalue weighted by molar-refractivity contribution is 5.68. The van der Waals surface area contributed by atoms with Crippen LogP contribution in [0.1, 0.15) is 18.1 Å². The average Bonchev–Trinajstić information content (AvgIpc) is 2.56. The van der Waals surface area contributed by atoms with Crippen LogP contribution >= 0.6 is 0 Å². The number of hydrogen-bond acceptors (Lipinski definition) is 1. The van der Waals surface area contributed by atoms with Gasteiger partial charge in [0.2, 0.25) is 0 Å². The van der Waals surface area contributed by atoms with Gasteiger partial charge in [0.1, 0.15) is 0 Å². The summed E-state index contributed by atoms with van der Waals surface area (Å²) in [5.74, 6) is 0. The summed E-state index contributed by atoms with van der Waals surface area (Å²) < 4.78 is 0. The summed E-state index contributed by atoms with van der Waals surface area (Å²) in [4.78, 5) is 4.63. The van der Waals surface area contributed by atoms with E-state index in [1.165, 1.54) is 22.3 Å². The Hall–Kier alpha value is -2.41. The van der Waals surface area contributed by atoms with Crippen molar-refractivity contribution in [2.75, 3.05) is 0 Å². The van der Waals surface area contributed by atoms with Gasteiger partial charge in [0, 0.05) is 17.3 Å². The fraction of sp³-hybridized carbons (Fsp3) is 0.150. The van der Waals surface area contributed by atoms with Crippen molar-refractivity contribution in [2.45, 2.75) is 20.3 Å². The number of nitrogens with zero attached hydrogens (tertiary/aromatic N) is 1. The van der Waals surface area contributed by atoms with E-state index in [9.17, 15) is 0 Å². The first-order chi connectivity index (χ1) is 10.3. The zero-order chi connectivity index (χ0) is 14.7. The third-order valence-corrected chi connectivity index (χ3v) is 3.88. The molecule has 1 aromatic heterocycles.